The summed E-state index contributed by atoms with van der Waals surface area (Å²) >= 11 is 0. The molecule has 187 valence electrons. The molecular formula is C34H34BN2Si. The summed E-state index contributed by atoms with van der Waals surface area (Å²) in [5, 5.41) is 0. The first-order chi connectivity index (χ1) is 18.9. The maximum atomic E-state index is 4.73. The van der Waals surface area contributed by atoms with E-state index < -0.39 is 0 Å². The predicted octanol–water partition coefficient (Wildman–Crippen LogP) is 6.33. The smallest absolute Gasteiger partial charge is 0.215 e. The standard InChI is InChI=1S/C34H34BN2Si/c1-5-15-28(16-6-1)32(29-17-7-2-8-18-29)23-13-14-26-38-27-37-25-24-36-34(37)35-33(30-19-9-3-10-20-30)31-21-11-4-12-22-31/h1-13,15-25,32-33H,14,26-27,38H2. The van der Waals surface area contributed by atoms with Gasteiger partial charge in [-0.2, -0.15) is 0 Å². The molecule has 0 saturated heterocycles. The molecular weight excluding hydrogens is 475 g/mol. The van der Waals surface area contributed by atoms with Gasteiger partial charge in [0.1, 0.15) is 0 Å². The van der Waals surface area contributed by atoms with E-state index in [-0.39, 0.29) is 15.3 Å². The Morgan fingerprint density at radius 2 is 1.18 bits per heavy atom. The van der Waals surface area contributed by atoms with E-state index >= 15 is 0 Å². The minimum Gasteiger partial charge on any atom is -0.347 e. The van der Waals surface area contributed by atoms with Crippen LogP contribution in [0.3, 0.4) is 0 Å². The van der Waals surface area contributed by atoms with Crippen LogP contribution in [0.15, 0.2) is 146 Å². The molecule has 1 radical (unpaired) electrons. The number of aromatic nitrogens is 2. The third-order valence-corrected chi connectivity index (χ3v) is 8.75. The summed E-state index contributed by atoms with van der Waals surface area (Å²) in [5.74, 6) is 0.498. The van der Waals surface area contributed by atoms with Crippen LogP contribution in [-0.4, -0.2) is 26.4 Å². The van der Waals surface area contributed by atoms with Crippen LogP contribution in [0.5, 0.6) is 0 Å². The summed E-state index contributed by atoms with van der Waals surface area (Å²) < 4.78 is 2.35. The molecule has 0 N–H and O–H groups in total. The molecule has 0 spiro atoms. The summed E-state index contributed by atoms with van der Waals surface area (Å²) in [4.78, 5) is 4.73. The van der Waals surface area contributed by atoms with Crippen LogP contribution in [0.1, 0.15) is 40.4 Å². The minimum absolute atomic E-state index is 0.191. The monoisotopic (exact) mass is 509 g/mol. The number of nitrogens with zero attached hydrogens (tertiary/aromatic N) is 2. The Kier molecular flexibility index (Phi) is 9.21. The summed E-state index contributed by atoms with van der Waals surface area (Å²) in [5.41, 5.74) is 6.34. The maximum absolute atomic E-state index is 4.73. The van der Waals surface area contributed by atoms with Crippen LogP contribution >= 0.6 is 0 Å². The molecule has 1 aromatic heterocycles. The molecule has 38 heavy (non-hydrogen) atoms. The van der Waals surface area contributed by atoms with Crippen molar-refractivity contribution in [3.8, 4) is 0 Å². The normalized spacial score (nSPS) is 11.7. The van der Waals surface area contributed by atoms with Gasteiger partial charge in [-0.1, -0.05) is 140 Å². The molecule has 0 aliphatic carbocycles. The molecule has 4 aromatic carbocycles. The zero-order chi connectivity index (χ0) is 25.8. The van der Waals surface area contributed by atoms with Crippen molar-refractivity contribution in [2.75, 3.05) is 0 Å². The van der Waals surface area contributed by atoms with Crippen LogP contribution < -0.4 is 5.72 Å². The lowest BCUT2D eigenvalue weighted by Crippen LogP contribution is -2.32. The molecule has 5 rings (SSSR count). The van der Waals surface area contributed by atoms with Crippen molar-refractivity contribution in [2.45, 2.75) is 30.4 Å². The first kappa shape index (κ1) is 25.7. The van der Waals surface area contributed by atoms with Crippen molar-refractivity contribution in [1.29, 1.82) is 0 Å². The van der Waals surface area contributed by atoms with Crippen molar-refractivity contribution < 1.29 is 0 Å². The van der Waals surface area contributed by atoms with E-state index in [2.05, 4.69) is 152 Å². The Balaban J connectivity index is 1.19. The third kappa shape index (κ3) is 6.90. The predicted molar refractivity (Wildman–Crippen MR) is 164 cm³/mol. The van der Waals surface area contributed by atoms with Gasteiger partial charge in [0.15, 0.2) is 0 Å². The van der Waals surface area contributed by atoms with E-state index in [0.29, 0.717) is 5.92 Å². The topological polar surface area (TPSA) is 17.8 Å². The van der Waals surface area contributed by atoms with Crippen molar-refractivity contribution in [1.82, 2.24) is 9.55 Å². The molecule has 0 unspecified atom stereocenters. The average Bonchev–Trinajstić information content (AvgIpc) is 3.44. The largest absolute Gasteiger partial charge is 0.347 e. The van der Waals surface area contributed by atoms with Gasteiger partial charge in [-0.3, -0.25) is 4.98 Å². The minimum atomic E-state index is -0.257. The number of benzene rings is 4. The fraction of sp³-hybridized carbons (Fsp3) is 0.147. The summed E-state index contributed by atoms with van der Waals surface area (Å²) in [6.07, 6.45) is 11.1. The quantitative estimate of drug-likeness (QED) is 0.109. The number of rotatable bonds is 12. The molecule has 0 bridgehead atoms. The third-order valence-electron chi connectivity index (χ3n) is 7.05. The SMILES string of the molecule is [B](c1nccn1C[SiH2]CCC=CC(c1ccccc1)c1ccccc1)C(c1ccccc1)c1ccccc1. The van der Waals surface area contributed by atoms with Crippen molar-refractivity contribution >= 4 is 22.5 Å². The van der Waals surface area contributed by atoms with Crippen LogP contribution in [0.4, 0.5) is 0 Å². The highest BCUT2D eigenvalue weighted by atomic mass is 28.2. The molecule has 1 heterocycles. The lowest BCUT2D eigenvalue weighted by Gasteiger charge is -2.18. The van der Waals surface area contributed by atoms with Gasteiger partial charge >= 0.3 is 0 Å². The van der Waals surface area contributed by atoms with Gasteiger partial charge < -0.3 is 4.57 Å². The average molecular weight is 510 g/mol. The van der Waals surface area contributed by atoms with Crippen LogP contribution in [0, 0.1) is 0 Å². The van der Waals surface area contributed by atoms with Crippen LogP contribution in [0.2, 0.25) is 6.04 Å². The molecule has 0 amide bonds. The van der Waals surface area contributed by atoms with E-state index in [1.807, 2.05) is 6.20 Å². The van der Waals surface area contributed by atoms with Gasteiger partial charge in [0, 0.05) is 34.0 Å². The van der Waals surface area contributed by atoms with E-state index in [9.17, 15) is 0 Å². The molecule has 4 heteroatoms. The van der Waals surface area contributed by atoms with Crippen molar-refractivity contribution in [2.24, 2.45) is 0 Å². The Morgan fingerprint density at radius 3 is 1.71 bits per heavy atom. The summed E-state index contributed by atoms with van der Waals surface area (Å²) in [6.45, 7) is 0. The Bertz CT molecular complexity index is 1310. The first-order valence-electron chi connectivity index (χ1n) is 13.6. The molecule has 0 atom stereocenters. The highest BCUT2D eigenvalue weighted by molar-refractivity contribution is 6.54. The van der Waals surface area contributed by atoms with E-state index in [1.165, 1.54) is 28.3 Å². The number of hydrogen-bond donors (Lipinski definition) is 0. The fourth-order valence-electron chi connectivity index (χ4n) is 5.04. The maximum Gasteiger partial charge on any atom is 0.215 e. The second-order valence-electron chi connectivity index (χ2n) is 9.67. The van der Waals surface area contributed by atoms with Crippen LogP contribution in [0.25, 0.3) is 0 Å². The lowest BCUT2D eigenvalue weighted by atomic mass is 9.58. The highest BCUT2D eigenvalue weighted by Gasteiger charge is 2.19. The Morgan fingerprint density at radius 1 is 0.684 bits per heavy atom. The Hall–Kier alpha value is -3.89. The summed E-state index contributed by atoms with van der Waals surface area (Å²) in [7, 11) is 2.07. The number of hydrogen-bond acceptors (Lipinski definition) is 1. The van der Waals surface area contributed by atoms with E-state index in [1.54, 1.807) is 0 Å². The number of imidazole rings is 1. The van der Waals surface area contributed by atoms with E-state index in [4.69, 9.17) is 4.98 Å². The van der Waals surface area contributed by atoms with Crippen LogP contribution in [-0.2, 0) is 6.17 Å². The van der Waals surface area contributed by atoms with E-state index in [0.717, 1.165) is 18.3 Å². The van der Waals surface area contributed by atoms with Gasteiger partial charge in [-0.05, 0) is 34.5 Å². The fourth-order valence-corrected chi connectivity index (χ4v) is 6.50. The molecule has 0 fully saturated rings. The van der Waals surface area contributed by atoms with Gasteiger partial charge in [0.25, 0.3) is 0 Å². The highest BCUT2D eigenvalue weighted by Crippen LogP contribution is 2.26. The molecule has 0 aliphatic heterocycles. The molecule has 0 aliphatic rings. The molecule has 2 nitrogen and oxygen atoms in total. The van der Waals surface area contributed by atoms with Gasteiger partial charge in [0.2, 0.25) is 7.28 Å². The molecule has 5 aromatic rings. The Labute approximate surface area is 230 Å². The van der Waals surface area contributed by atoms with Crippen molar-refractivity contribution in [3.63, 3.8) is 0 Å². The second-order valence-corrected chi connectivity index (χ2v) is 11.5. The summed E-state index contributed by atoms with van der Waals surface area (Å²) in [6, 6.07) is 44.4. The zero-order valence-electron chi connectivity index (χ0n) is 21.8. The second kappa shape index (κ2) is 13.6. The first-order valence-corrected chi connectivity index (χ1v) is 15.6. The lowest BCUT2D eigenvalue weighted by molar-refractivity contribution is 0.892. The van der Waals surface area contributed by atoms with Gasteiger partial charge in [-0.15, -0.1) is 0 Å². The van der Waals surface area contributed by atoms with Gasteiger partial charge in [0.05, 0.1) is 5.72 Å². The number of allylic oxidation sites excluding steroid dienone is 2. The zero-order valence-corrected chi connectivity index (χ0v) is 23.2. The van der Waals surface area contributed by atoms with Gasteiger partial charge in [-0.25, -0.2) is 0 Å². The molecule has 0 saturated carbocycles. The van der Waals surface area contributed by atoms with Crippen molar-refractivity contribution in [3.05, 3.63) is 168 Å².